The van der Waals surface area contributed by atoms with Crippen molar-refractivity contribution in [1.82, 2.24) is 4.90 Å². The number of benzene rings is 2. The van der Waals surface area contributed by atoms with Gasteiger partial charge in [0.15, 0.2) is 0 Å². The zero-order chi connectivity index (χ0) is 16.2. The Morgan fingerprint density at radius 2 is 1.65 bits per heavy atom. The molecule has 1 aliphatic heterocycles. The molecule has 1 fully saturated rings. The molecule has 2 aromatic carbocycles. The van der Waals surface area contributed by atoms with Crippen LogP contribution in [0.4, 0.5) is 15.8 Å². The van der Waals surface area contributed by atoms with Crippen LogP contribution in [0.5, 0.6) is 0 Å². The summed E-state index contributed by atoms with van der Waals surface area (Å²) in [5, 5.41) is 0. The number of carbonyl (C=O) groups is 1. The number of amides is 1. The highest BCUT2D eigenvalue weighted by atomic mass is 19.1. The molecule has 0 aliphatic carbocycles. The first kappa shape index (κ1) is 15.3. The minimum absolute atomic E-state index is 0.0808. The lowest BCUT2D eigenvalue weighted by molar-refractivity contribution is -0.130. The summed E-state index contributed by atoms with van der Waals surface area (Å²) in [5.41, 5.74) is 8.64. The van der Waals surface area contributed by atoms with Crippen molar-refractivity contribution >= 4 is 17.3 Å². The van der Waals surface area contributed by atoms with Gasteiger partial charge in [0.2, 0.25) is 5.91 Å². The third-order valence-corrected chi connectivity index (χ3v) is 4.18. The molecule has 120 valence electrons. The van der Waals surface area contributed by atoms with Crippen molar-refractivity contribution in [2.45, 2.75) is 6.42 Å². The van der Waals surface area contributed by atoms with Gasteiger partial charge in [-0.2, -0.15) is 0 Å². The second-order valence-electron chi connectivity index (χ2n) is 5.73. The fourth-order valence-corrected chi connectivity index (χ4v) is 2.86. The lowest BCUT2D eigenvalue weighted by Crippen LogP contribution is -2.49. The number of hydrogen-bond donors (Lipinski definition) is 1. The molecule has 23 heavy (non-hydrogen) atoms. The molecule has 0 spiro atoms. The maximum Gasteiger partial charge on any atom is 0.227 e. The average Bonchev–Trinajstić information content (AvgIpc) is 2.57. The first-order valence-corrected chi connectivity index (χ1v) is 7.75. The molecule has 5 heteroatoms. The van der Waals surface area contributed by atoms with Gasteiger partial charge in [-0.1, -0.05) is 24.3 Å². The van der Waals surface area contributed by atoms with Crippen molar-refractivity contribution in [1.29, 1.82) is 0 Å². The largest absolute Gasteiger partial charge is 0.397 e. The highest BCUT2D eigenvalue weighted by Crippen LogP contribution is 2.23. The molecule has 3 rings (SSSR count). The van der Waals surface area contributed by atoms with E-state index in [2.05, 4.69) is 4.90 Å². The lowest BCUT2D eigenvalue weighted by atomic mass is 10.1. The summed E-state index contributed by atoms with van der Waals surface area (Å²) < 4.78 is 12.9. The van der Waals surface area contributed by atoms with Crippen LogP contribution in [0.2, 0.25) is 0 Å². The Labute approximate surface area is 135 Å². The molecule has 0 aromatic heterocycles. The number of rotatable bonds is 3. The average molecular weight is 313 g/mol. The number of carbonyl (C=O) groups excluding carboxylic acids is 1. The van der Waals surface area contributed by atoms with Gasteiger partial charge in [-0.15, -0.1) is 0 Å². The van der Waals surface area contributed by atoms with Gasteiger partial charge in [0, 0.05) is 26.2 Å². The number of para-hydroxylation sites is 2. The van der Waals surface area contributed by atoms with E-state index in [0.29, 0.717) is 19.5 Å². The van der Waals surface area contributed by atoms with Crippen molar-refractivity contribution in [2.24, 2.45) is 0 Å². The van der Waals surface area contributed by atoms with E-state index < -0.39 is 0 Å². The Morgan fingerprint density at radius 3 is 2.30 bits per heavy atom. The second kappa shape index (κ2) is 6.69. The van der Waals surface area contributed by atoms with E-state index in [-0.39, 0.29) is 11.7 Å². The van der Waals surface area contributed by atoms with Crippen LogP contribution in [0.25, 0.3) is 0 Å². The van der Waals surface area contributed by atoms with Crippen molar-refractivity contribution in [3.8, 4) is 0 Å². The van der Waals surface area contributed by atoms with Crippen LogP contribution in [-0.2, 0) is 11.2 Å². The molecule has 0 radical (unpaired) electrons. The molecule has 0 saturated carbocycles. The Kier molecular flexibility index (Phi) is 4.46. The molecule has 0 bridgehead atoms. The lowest BCUT2D eigenvalue weighted by Gasteiger charge is -2.36. The minimum Gasteiger partial charge on any atom is -0.397 e. The summed E-state index contributed by atoms with van der Waals surface area (Å²) in [6, 6.07) is 13.9. The molecule has 4 nitrogen and oxygen atoms in total. The Hall–Kier alpha value is -2.56. The molecule has 0 atom stereocenters. The van der Waals surface area contributed by atoms with Gasteiger partial charge in [-0.25, -0.2) is 4.39 Å². The van der Waals surface area contributed by atoms with Crippen LogP contribution in [-0.4, -0.2) is 37.0 Å². The van der Waals surface area contributed by atoms with Crippen LogP contribution >= 0.6 is 0 Å². The number of halogens is 1. The normalized spacial score (nSPS) is 14.8. The van der Waals surface area contributed by atoms with Crippen LogP contribution < -0.4 is 10.6 Å². The molecule has 1 heterocycles. The summed E-state index contributed by atoms with van der Waals surface area (Å²) in [4.78, 5) is 16.4. The molecule has 2 aromatic rings. The first-order valence-electron chi connectivity index (χ1n) is 7.75. The third kappa shape index (κ3) is 3.62. The monoisotopic (exact) mass is 313 g/mol. The zero-order valence-electron chi connectivity index (χ0n) is 12.9. The molecule has 1 saturated heterocycles. The first-order chi connectivity index (χ1) is 11.1. The Bertz CT molecular complexity index is 679. The van der Waals surface area contributed by atoms with Gasteiger partial charge in [0.1, 0.15) is 5.82 Å². The van der Waals surface area contributed by atoms with E-state index in [1.54, 1.807) is 12.1 Å². The summed E-state index contributed by atoms with van der Waals surface area (Å²) in [5.74, 6) is -0.201. The van der Waals surface area contributed by atoms with E-state index >= 15 is 0 Å². The van der Waals surface area contributed by atoms with Gasteiger partial charge >= 0.3 is 0 Å². The highest BCUT2D eigenvalue weighted by molar-refractivity contribution is 5.79. The smallest absolute Gasteiger partial charge is 0.227 e. The number of hydrogen-bond acceptors (Lipinski definition) is 3. The van der Waals surface area contributed by atoms with E-state index in [9.17, 15) is 9.18 Å². The number of anilines is 2. The van der Waals surface area contributed by atoms with Crippen LogP contribution in [0.15, 0.2) is 48.5 Å². The number of nitrogens with two attached hydrogens (primary N) is 1. The standard InChI is InChI=1S/C18H20FN3O/c19-15-7-5-14(6-8-15)13-18(23)22-11-9-21(10-12-22)17-4-2-1-3-16(17)20/h1-8H,9-13,20H2. The molecular formula is C18H20FN3O. The van der Waals surface area contributed by atoms with Gasteiger partial charge in [0.05, 0.1) is 17.8 Å². The molecule has 0 unspecified atom stereocenters. The van der Waals surface area contributed by atoms with E-state index in [1.807, 2.05) is 29.2 Å². The highest BCUT2D eigenvalue weighted by Gasteiger charge is 2.22. The Balaban J connectivity index is 1.57. The van der Waals surface area contributed by atoms with Crippen LogP contribution in [0, 0.1) is 5.82 Å². The predicted molar refractivity (Wildman–Crippen MR) is 89.8 cm³/mol. The van der Waals surface area contributed by atoms with E-state index in [0.717, 1.165) is 30.0 Å². The van der Waals surface area contributed by atoms with Gasteiger partial charge in [-0.05, 0) is 29.8 Å². The molecular weight excluding hydrogens is 293 g/mol. The number of piperazine rings is 1. The summed E-state index contributed by atoms with van der Waals surface area (Å²) in [6.07, 6.45) is 0.313. The van der Waals surface area contributed by atoms with Gasteiger partial charge in [-0.3, -0.25) is 4.79 Å². The SMILES string of the molecule is Nc1ccccc1N1CCN(C(=O)Cc2ccc(F)cc2)CC1. The molecule has 1 aliphatic rings. The maximum absolute atomic E-state index is 12.9. The summed E-state index contributed by atoms with van der Waals surface area (Å²) >= 11 is 0. The number of nitrogen functional groups attached to an aromatic ring is 1. The summed E-state index contributed by atoms with van der Waals surface area (Å²) in [7, 11) is 0. The molecule has 2 N–H and O–H groups in total. The minimum atomic E-state index is -0.282. The van der Waals surface area contributed by atoms with Crippen molar-refractivity contribution in [2.75, 3.05) is 36.8 Å². The number of nitrogens with zero attached hydrogens (tertiary/aromatic N) is 2. The van der Waals surface area contributed by atoms with Crippen LogP contribution in [0.1, 0.15) is 5.56 Å². The summed E-state index contributed by atoms with van der Waals surface area (Å²) in [6.45, 7) is 2.88. The predicted octanol–water partition coefficient (Wildman–Crippen LogP) is 2.30. The quantitative estimate of drug-likeness (QED) is 0.885. The van der Waals surface area contributed by atoms with Crippen molar-refractivity contribution < 1.29 is 9.18 Å². The van der Waals surface area contributed by atoms with Crippen molar-refractivity contribution in [3.63, 3.8) is 0 Å². The van der Waals surface area contributed by atoms with Gasteiger partial charge < -0.3 is 15.5 Å². The second-order valence-corrected chi connectivity index (χ2v) is 5.73. The Morgan fingerprint density at radius 1 is 1.00 bits per heavy atom. The van der Waals surface area contributed by atoms with E-state index in [4.69, 9.17) is 5.73 Å². The van der Waals surface area contributed by atoms with Gasteiger partial charge in [0.25, 0.3) is 0 Å². The van der Waals surface area contributed by atoms with Crippen LogP contribution in [0.3, 0.4) is 0 Å². The topological polar surface area (TPSA) is 49.6 Å². The molecule has 1 amide bonds. The zero-order valence-corrected chi connectivity index (χ0v) is 12.9. The van der Waals surface area contributed by atoms with E-state index in [1.165, 1.54) is 12.1 Å². The van der Waals surface area contributed by atoms with Crippen molar-refractivity contribution in [3.05, 3.63) is 59.9 Å². The fraction of sp³-hybridized carbons (Fsp3) is 0.278. The fourth-order valence-electron chi connectivity index (χ4n) is 2.86. The maximum atomic E-state index is 12.9. The third-order valence-electron chi connectivity index (χ3n) is 4.18.